The lowest BCUT2D eigenvalue weighted by Gasteiger charge is -2.31. The Hall–Kier alpha value is -3.28. The molecular weight excluding hydrogens is 501 g/mol. The predicted molar refractivity (Wildman–Crippen MR) is 148 cm³/mol. The molecule has 1 aromatic rings. The second kappa shape index (κ2) is 12.3. The fourth-order valence-corrected chi connectivity index (χ4v) is 5.30. The number of aryl methyl sites for hydroxylation is 1. The first-order valence-corrected chi connectivity index (χ1v) is 13.8. The smallest absolute Gasteiger partial charge is 0.416 e. The molecule has 0 aromatic heterocycles. The maximum atomic E-state index is 14.0. The Bertz CT molecular complexity index is 1250. The summed E-state index contributed by atoms with van der Waals surface area (Å²) in [6, 6.07) is 7.91. The van der Waals surface area contributed by atoms with E-state index >= 15 is 0 Å². The van der Waals surface area contributed by atoms with E-state index in [0.29, 0.717) is 43.8 Å². The fraction of sp³-hybridized carbons (Fsp3) is 0.424. The van der Waals surface area contributed by atoms with Crippen molar-refractivity contribution < 1.29 is 27.8 Å². The van der Waals surface area contributed by atoms with Gasteiger partial charge in [-0.15, -0.1) is 0 Å². The molecule has 1 N–H and O–H groups in total. The molecule has 0 spiro atoms. The number of ketones is 1. The molecule has 0 heterocycles. The summed E-state index contributed by atoms with van der Waals surface area (Å²) >= 11 is 0. The van der Waals surface area contributed by atoms with Crippen LogP contribution in [0.1, 0.15) is 58.4 Å². The van der Waals surface area contributed by atoms with Crippen molar-refractivity contribution in [3.05, 3.63) is 99.9 Å². The zero-order valence-electron chi connectivity index (χ0n) is 22.9. The van der Waals surface area contributed by atoms with Crippen molar-refractivity contribution >= 4 is 5.78 Å². The van der Waals surface area contributed by atoms with Crippen molar-refractivity contribution in [2.75, 3.05) is 6.61 Å². The number of hydrogen-bond acceptors (Lipinski definition) is 3. The lowest BCUT2D eigenvalue weighted by Crippen LogP contribution is -2.30. The Kier molecular flexibility index (Phi) is 9.04. The van der Waals surface area contributed by atoms with Crippen LogP contribution in [0.25, 0.3) is 0 Å². The maximum Gasteiger partial charge on any atom is 0.416 e. The highest BCUT2D eigenvalue weighted by Crippen LogP contribution is 2.45. The van der Waals surface area contributed by atoms with Crippen LogP contribution >= 0.6 is 0 Å². The normalized spacial score (nSPS) is 21.2. The van der Waals surface area contributed by atoms with E-state index in [0.717, 1.165) is 29.4 Å². The van der Waals surface area contributed by atoms with Gasteiger partial charge in [-0.05, 0) is 84.9 Å². The topological polar surface area (TPSA) is 46.5 Å². The Morgan fingerprint density at radius 3 is 2.49 bits per heavy atom. The van der Waals surface area contributed by atoms with Gasteiger partial charge in [-0.25, -0.2) is 0 Å². The quantitative estimate of drug-likeness (QED) is 0.239. The average molecular weight is 539 g/mol. The summed E-state index contributed by atoms with van der Waals surface area (Å²) in [5.74, 6) is -0.335. The third-order valence-electron chi connectivity index (χ3n) is 7.70. The van der Waals surface area contributed by atoms with Crippen molar-refractivity contribution in [1.29, 1.82) is 0 Å². The molecule has 0 radical (unpaired) electrons. The maximum absolute atomic E-state index is 14.0. The van der Waals surface area contributed by atoms with Gasteiger partial charge < -0.3 is 9.84 Å². The van der Waals surface area contributed by atoms with Crippen molar-refractivity contribution in [2.24, 2.45) is 17.8 Å². The number of carbonyl (C=O) groups is 1. The van der Waals surface area contributed by atoms with Gasteiger partial charge in [0, 0.05) is 11.5 Å². The average Bonchev–Trinajstić information content (AvgIpc) is 3.44. The minimum Gasteiger partial charge on any atom is -0.512 e. The number of aliphatic hydroxyl groups is 1. The summed E-state index contributed by atoms with van der Waals surface area (Å²) in [6.45, 7) is 6.93. The first kappa shape index (κ1) is 28.7. The van der Waals surface area contributed by atoms with Crippen molar-refractivity contribution in [1.82, 2.24) is 0 Å². The molecule has 0 saturated carbocycles. The van der Waals surface area contributed by atoms with Crippen LogP contribution in [-0.2, 0) is 11.2 Å². The third-order valence-corrected chi connectivity index (χ3v) is 7.70. The van der Waals surface area contributed by atoms with Gasteiger partial charge in [0.05, 0.1) is 18.1 Å². The highest BCUT2D eigenvalue weighted by molar-refractivity contribution is 6.03. The number of ether oxygens (including phenoxy) is 1. The summed E-state index contributed by atoms with van der Waals surface area (Å²) in [6.07, 6.45) is 8.61. The predicted octanol–water partition coefficient (Wildman–Crippen LogP) is 8.71. The van der Waals surface area contributed by atoms with Gasteiger partial charge in [0.15, 0.2) is 5.78 Å². The van der Waals surface area contributed by atoms with Gasteiger partial charge >= 0.3 is 6.18 Å². The Morgan fingerprint density at radius 2 is 1.87 bits per heavy atom. The van der Waals surface area contributed by atoms with Gasteiger partial charge in [-0.3, -0.25) is 4.79 Å². The van der Waals surface area contributed by atoms with Crippen LogP contribution in [0, 0.1) is 17.8 Å². The Labute approximate surface area is 229 Å². The SMILES string of the molecule is CCC(CCc1ccc(OCCC(C)C)cc1)C(O)=C1CC=C2C(C(F)(F)F)=CC(C3=CC=CC3)=CC2C1=O. The van der Waals surface area contributed by atoms with E-state index in [1.165, 1.54) is 6.08 Å². The Morgan fingerprint density at radius 1 is 1.13 bits per heavy atom. The summed E-state index contributed by atoms with van der Waals surface area (Å²) < 4.78 is 47.7. The summed E-state index contributed by atoms with van der Waals surface area (Å²) in [5.41, 5.74) is 1.72. The summed E-state index contributed by atoms with van der Waals surface area (Å²) in [4.78, 5) is 13.5. The molecule has 3 nitrogen and oxygen atoms in total. The number of halogens is 3. The minimum absolute atomic E-state index is 0.00371. The van der Waals surface area contributed by atoms with Gasteiger partial charge in [0.2, 0.25) is 0 Å². The van der Waals surface area contributed by atoms with Crippen LogP contribution in [0.4, 0.5) is 13.2 Å². The van der Waals surface area contributed by atoms with E-state index in [2.05, 4.69) is 13.8 Å². The molecule has 3 aliphatic rings. The second-order valence-electron chi connectivity index (χ2n) is 10.9. The molecule has 0 saturated heterocycles. The largest absolute Gasteiger partial charge is 0.512 e. The van der Waals surface area contributed by atoms with Gasteiger partial charge in [0.1, 0.15) is 11.5 Å². The van der Waals surface area contributed by atoms with E-state index in [9.17, 15) is 23.1 Å². The summed E-state index contributed by atoms with van der Waals surface area (Å²) in [7, 11) is 0. The Balaban J connectivity index is 1.50. The molecule has 6 heteroatoms. The van der Waals surface area contributed by atoms with Crippen LogP contribution in [0.3, 0.4) is 0 Å². The molecule has 39 heavy (non-hydrogen) atoms. The van der Waals surface area contributed by atoms with Gasteiger partial charge in [0.25, 0.3) is 0 Å². The second-order valence-corrected chi connectivity index (χ2v) is 10.9. The van der Waals surface area contributed by atoms with Crippen molar-refractivity contribution in [2.45, 2.75) is 65.5 Å². The number of benzene rings is 1. The van der Waals surface area contributed by atoms with Crippen molar-refractivity contribution in [3.8, 4) is 5.75 Å². The third kappa shape index (κ3) is 6.84. The first-order valence-electron chi connectivity index (χ1n) is 13.8. The van der Waals surface area contributed by atoms with Crippen LogP contribution in [-0.4, -0.2) is 23.7 Å². The monoisotopic (exact) mass is 538 g/mol. The van der Waals surface area contributed by atoms with Crippen LogP contribution in [0.5, 0.6) is 5.75 Å². The molecule has 3 aliphatic carbocycles. The minimum atomic E-state index is -4.57. The van der Waals surface area contributed by atoms with Crippen molar-refractivity contribution in [3.63, 3.8) is 0 Å². The zero-order valence-corrected chi connectivity index (χ0v) is 22.9. The van der Waals surface area contributed by atoms with E-state index in [-0.39, 0.29) is 29.2 Å². The standard InChI is InChI=1S/C33H37F3O3/c1-4-23(12-9-22-10-13-26(14-11-22)39-18-17-21(2)3)31(37)28-16-15-27-29(32(28)38)19-25(24-7-5-6-8-24)20-30(27)33(34,35)36/h5-7,10-11,13-15,19-21,23,29,37H,4,8-9,12,16-18H2,1-3H3. The van der Waals surface area contributed by atoms with Gasteiger partial charge in [-0.1, -0.05) is 63.3 Å². The number of aliphatic hydroxyl groups excluding tert-OH is 1. The number of fused-ring (bicyclic) bond motifs is 1. The lowest BCUT2D eigenvalue weighted by molar-refractivity contribution is -0.118. The van der Waals surface area contributed by atoms with E-state index in [1.54, 1.807) is 12.2 Å². The molecule has 1 aromatic carbocycles. The molecule has 2 unspecified atom stereocenters. The summed E-state index contributed by atoms with van der Waals surface area (Å²) in [5, 5.41) is 11.2. The highest BCUT2D eigenvalue weighted by Gasteiger charge is 2.44. The van der Waals surface area contributed by atoms with E-state index in [4.69, 9.17) is 4.74 Å². The lowest BCUT2D eigenvalue weighted by atomic mass is 9.73. The molecule has 0 aliphatic heterocycles. The van der Waals surface area contributed by atoms with Crippen LogP contribution < -0.4 is 4.74 Å². The first-order chi connectivity index (χ1) is 18.6. The number of hydrogen-bond donors (Lipinski definition) is 1. The van der Waals surface area contributed by atoms with E-state index in [1.807, 2.05) is 43.3 Å². The number of carbonyl (C=O) groups excluding carboxylic acids is 1. The molecule has 208 valence electrons. The van der Waals surface area contributed by atoms with E-state index < -0.39 is 23.5 Å². The molecule has 2 atom stereocenters. The number of rotatable bonds is 10. The van der Waals surface area contributed by atoms with Crippen LogP contribution in [0.15, 0.2) is 94.3 Å². The van der Waals surface area contributed by atoms with Gasteiger partial charge in [-0.2, -0.15) is 13.2 Å². The van der Waals surface area contributed by atoms with Crippen LogP contribution in [0.2, 0.25) is 0 Å². The fourth-order valence-electron chi connectivity index (χ4n) is 5.30. The number of alkyl halides is 3. The zero-order chi connectivity index (χ0) is 28.2. The molecule has 0 fully saturated rings. The number of Topliss-reactive ketones (excluding diaryl/α,β-unsaturated/α-hetero) is 1. The molecule has 0 bridgehead atoms. The number of allylic oxidation sites excluding steroid dienone is 12. The highest BCUT2D eigenvalue weighted by atomic mass is 19.4. The molecule has 4 rings (SSSR count). The molecule has 0 amide bonds. The molecular formula is C33H37F3O3.